The Hall–Kier alpha value is -2.24. The monoisotopic (exact) mass is 453 g/mol. The molecule has 0 saturated carbocycles. The first-order chi connectivity index (χ1) is 14.3. The van der Waals surface area contributed by atoms with Crippen molar-refractivity contribution in [2.24, 2.45) is 5.92 Å². The van der Waals surface area contributed by atoms with E-state index < -0.39 is 14.7 Å². The van der Waals surface area contributed by atoms with E-state index in [1.54, 1.807) is 19.0 Å². The summed E-state index contributed by atoms with van der Waals surface area (Å²) in [4.78, 5) is 13.0. The molecule has 1 aliphatic rings. The van der Waals surface area contributed by atoms with E-state index in [1.165, 1.54) is 28.1 Å². The fourth-order valence-electron chi connectivity index (χ4n) is 3.66. The van der Waals surface area contributed by atoms with Crippen molar-refractivity contribution in [2.45, 2.75) is 36.7 Å². The van der Waals surface area contributed by atoms with Crippen molar-refractivity contribution >= 4 is 30.6 Å². The van der Waals surface area contributed by atoms with Crippen LogP contribution >= 0.6 is 0 Å². The topological polar surface area (TPSA) is 80.5 Å². The predicted octanol–water partition coefficient (Wildman–Crippen LogP) is 2.39. The number of benzene rings is 1. The second-order valence-corrected chi connectivity index (χ2v) is 12.2. The summed E-state index contributed by atoms with van der Waals surface area (Å²) < 4.78 is 3.11. The molecule has 1 saturated heterocycles. The molecule has 0 amide bonds. The van der Waals surface area contributed by atoms with Gasteiger partial charge in [0.25, 0.3) is 0 Å². The fourth-order valence-corrected chi connectivity index (χ4v) is 7.69. The minimum atomic E-state index is -1.12. The summed E-state index contributed by atoms with van der Waals surface area (Å²) in [5.41, 5.74) is 4.75. The summed E-state index contributed by atoms with van der Waals surface area (Å²) in [6.45, 7) is 3.17. The fraction of sp³-hybridized carbons (Fsp3) is 0.429. The van der Waals surface area contributed by atoms with Crippen molar-refractivity contribution in [3.63, 3.8) is 0 Å². The van der Waals surface area contributed by atoms with E-state index in [2.05, 4.69) is 66.7 Å². The molecule has 2 aromatic heterocycles. The zero-order valence-corrected chi connectivity index (χ0v) is 18.7. The van der Waals surface area contributed by atoms with Crippen LogP contribution in [0, 0.1) is 5.92 Å². The van der Waals surface area contributed by atoms with Crippen LogP contribution in [0.5, 0.6) is 0 Å². The first-order valence-electron chi connectivity index (χ1n) is 10.2. The van der Waals surface area contributed by atoms with E-state index in [-0.39, 0.29) is 0 Å². The molecule has 1 unspecified atom stereocenters. The Kier molecular flexibility index (Phi) is 6.91. The summed E-state index contributed by atoms with van der Waals surface area (Å²) in [6.07, 6.45) is 8.56. The van der Waals surface area contributed by atoms with Gasteiger partial charge >= 0.3 is 165 Å². The number of anilines is 2. The van der Waals surface area contributed by atoms with Gasteiger partial charge in [0.05, 0.1) is 0 Å². The number of piperidine rings is 1. The SMILES string of the molecule is C[As](CC1CCNCC1)c1cc(Nc2ccc(CCn3cncn3)cc2)ncn1. The zero-order valence-electron chi connectivity index (χ0n) is 16.8. The molecular formula is C21H28AsN7. The maximum atomic E-state index is 4.59. The van der Waals surface area contributed by atoms with Gasteiger partial charge in [-0.2, -0.15) is 0 Å². The molecule has 1 aliphatic heterocycles. The quantitative estimate of drug-likeness (QED) is 0.510. The second kappa shape index (κ2) is 9.99. The third kappa shape index (κ3) is 5.87. The number of hydrogen-bond acceptors (Lipinski definition) is 6. The predicted molar refractivity (Wildman–Crippen MR) is 117 cm³/mol. The van der Waals surface area contributed by atoms with E-state index in [0.717, 1.165) is 43.5 Å². The van der Waals surface area contributed by atoms with Gasteiger partial charge in [0.15, 0.2) is 0 Å². The molecule has 8 heteroatoms. The van der Waals surface area contributed by atoms with Crippen molar-refractivity contribution in [2.75, 3.05) is 18.4 Å². The van der Waals surface area contributed by atoms with Crippen LogP contribution < -0.4 is 15.1 Å². The third-order valence-corrected chi connectivity index (χ3v) is 9.74. The van der Waals surface area contributed by atoms with Gasteiger partial charge in [0.1, 0.15) is 6.33 Å². The summed E-state index contributed by atoms with van der Waals surface area (Å²) in [5, 5.41) is 12.4. The molecule has 1 aromatic carbocycles. The van der Waals surface area contributed by atoms with Crippen LogP contribution in [0.2, 0.25) is 10.9 Å². The molecule has 7 nitrogen and oxygen atoms in total. The first-order valence-corrected chi connectivity index (χ1v) is 14.3. The summed E-state index contributed by atoms with van der Waals surface area (Å²) >= 11 is -1.12. The molecule has 3 aromatic rings. The van der Waals surface area contributed by atoms with Gasteiger partial charge in [-0.15, -0.1) is 0 Å². The van der Waals surface area contributed by atoms with Crippen molar-refractivity contribution in [3.8, 4) is 0 Å². The average Bonchev–Trinajstić information content (AvgIpc) is 3.28. The van der Waals surface area contributed by atoms with Gasteiger partial charge < -0.3 is 0 Å². The molecule has 3 heterocycles. The van der Waals surface area contributed by atoms with Crippen LogP contribution in [0.4, 0.5) is 11.5 Å². The average molecular weight is 453 g/mol. The molecule has 29 heavy (non-hydrogen) atoms. The molecule has 0 aliphatic carbocycles. The van der Waals surface area contributed by atoms with Crippen LogP contribution in [-0.2, 0) is 13.0 Å². The molecule has 1 fully saturated rings. The Balaban J connectivity index is 1.33. The van der Waals surface area contributed by atoms with Gasteiger partial charge in [0, 0.05) is 0 Å². The number of aromatic nitrogens is 5. The molecular weight excluding hydrogens is 425 g/mol. The van der Waals surface area contributed by atoms with Crippen molar-refractivity contribution in [3.05, 3.63) is 54.9 Å². The van der Waals surface area contributed by atoms with E-state index in [4.69, 9.17) is 0 Å². The van der Waals surface area contributed by atoms with E-state index in [9.17, 15) is 0 Å². The van der Waals surface area contributed by atoms with Crippen molar-refractivity contribution in [1.82, 2.24) is 30.0 Å². The molecule has 4 rings (SSSR count). The van der Waals surface area contributed by atoms with Crippen LogP contribution in [0.1, 0.15) is 18.4 Å². The first kappa shape index (κ1) is 20.0. The summed E-state index contributed by atoms with van der Waals surface area (Å²) in [7, 11) is 0. The van der Waals surface area contributed by atoms with E-state index >= 15 is 0 Å². The minimum absolute atomic E-state index is 0.835. The Morgan fingerprint density at radius 1 is 1.14 bits per heavy atom. The zero-order chi connectivity index (χ0) is 19.9. The normalized spacial score (nSPS) is 15.9. The van der Waals surface area contributed by atoms with Crippen LogP contribution in [0.15, 0.2) is 49.3 Å². The van der Waals surface area contributed by atoms with Crippen LogP contribution in [0.25, 0.3) is 0 Å². The number of rotatable bonds is 8. The standard InChI is InChI=1S/C21H28AsN7/c1-22(13-18-6-9-23-10-7-18)20-12-21(26-15-25-20)28-19-4-2-17(3-5-19)8-11-29-16-24-14-27-29/h2-5,12,14-16,18,23H,6-11,13H2,1H3,(H,25,26,28). The molecule has 0 radical (unpaired) electrons. The summed E-state index contributed by atoms with van der Waals surface area (Å²) in [5.74, 6) is 1.74. The van der Waals surface area contributed by atoms with Crippen LogP contribution in [-0.4, -0.2) is 52.5 Å². The molecule has 0 spiro atoms. The Labute approximate surface area is 176 Å². The van der Waals surface area contributed by atoms with Gasteiger partial charge in [-0.25, -0.2) is 4.98 Å². The molecule has 1 atom stereocenters. The maximum absolute atomic E-state index is 4.59. The molecule has 2 N–H and O–H groups in total. The van der Waals surface area contributed by atoms with Gasteiger partial charge in [-0.1, -0.05) is 0 Å². The number of aryl methyl sites for hydroxylation is 2. The third-order valence-electron chi connectivity index (χ3n) is 5.36. The van der Waals surface area contributed by atoms with Crippen molar-refractivity contribution < 1.29 is 0 Å². The number of nitrogens with one attached hydrogen (secondary N) is 2. The molecule has 0 bridgehead atoms. The Morgan fingerprint density at radius 2 is 1.97 bits per heavy atom. The van der Waals surface area contributed by atoms with E-state index in [1.807, 2.05) is 4.68 Å². The van der Waals surface area contributed by atoms with Gasteiger partial charge in [0.2, 0.25) is 0 Å². The number of hydrogen-bond donors (Lipinski definition) is 2. The van der Waals surface area contributed by atoms with E-state index in [0.29, 0.717) is 0 Å². The Morgan fingerprint density at radius 3 is 2.72 bits per heavy atom. The van der Waals surface area contributed by atoms with Gasteiger partial charge in [-0.3, -0.25) is 0 Å². The Bertz CT molecular complexity index is 876. The van der Waals surface area contributed by atoms with Gasteiger partial charge in [-0.05, 0) is 0 Å². The van der Waals surface area contributed by atoms with Crippen molar-refractivity contribution in [1.29, 1.82) is 0 Å². The molecule has 152 valence electrons. The van der Waals surface area contributed by atoms with Crippen LogP contribution in [0.3, 0.4) is 0 Å². The second-order valence-electron chi connectivity index (χ2n) is 7.57. The number of nitrogens with zero attached hydrogens (tertiary/aromatic N) is 5. The summed E-state index contributed by atoms with van der Waals surface area (Å²) in [6, 6.07) is 10.7.